The Morgan fingerprint density at radius 2 is 1.02 bits per heavy atom. The van der Waals surface area contributed by atoms with E-state index in [9.17, 15) is 0 Å². The number of para-hydroxylation sites is 3. The Morgan fingerprint density at radius 1 is 0.460 bits per heavy atom. The van der Waals surface area contributed by atoms with Crippen LogP contribution in [-0.4, -0.2) is 9.97 Å². The lowest BCUT2D eigenvalue weighted by Crippen LogP contribution is -2.48. The van der Waals surface area contributed by atoms with Crippen LogP contribution in [-0.2, 0) is 10.8 Å². The van der Waals surface area contributed by atoms with Gasteiger partial charge in [-0.25, -0.2) is 9.97 Å². The molecule has 4 heteroatoms. The maximum Gasteiger partial charge on any atom is 0.160 e. The van der Waals surface area contributed by atoms with Gasteiger partial charge < -0.3 is 8.83 Å². The molecule has 0 aliphatic heterocycles. The van der Waals surface area contributed by atoms with Gasteiger partial charge >= 0.3 is 0 Å². The number of furan rings is 2. The highest BCUT2D eigenvalue weighted by molar-refractivity contribution is 6.15. The first kappa shape index (κ1) is 35.8. The first-order chi connectivity index (χ1) is 30.9. The molecular weight excluding hydrogens is 769 g/mol. The summed E-state index contributed by atoms with van der Waals surface area (Å²) in [6.45, 7) is 4.69. The topological polar surface area (TPSA) is 52.1 Å². The van der Waals surface area contributed by atoms with E-state index < -0.39 is 0 Å². The van der Waals surface area contributed by atoms with E-state index in [1.165, 1.54) is 71.9 Å². The number of fused-ring (bicyclic) bond motifs is 9. The number of aromatic nitrogens is 2. The second kappa shape index (κ2) is 12.9. The minimum Gasteiger partial charge on any atom is -0.455 e. The largest absolute Gasteiger partial charge is 0.455 e. The quantitative estimate of drug-likeness (QED) is 0.174. The Labute approximate surface area is 366 Å². The summed E-state index contributed by atoms with van der Waals surface area (Å²) in [4.78, 5) is 10.8. The molecule has 5 aliphatic rings. The molecule has 0 spiro atoms. The molecule has 5 aliphatic carbocycles. The van der Waals surface area contributed by atoms with Crippen molar-refractivity contribution in [2.75, 3.05) is 0 Å². The molecule has 7 aromatic carbocycles. The zero-order chi connectivity index (χ0) is 41.6. The predicted molar refractivity (Wildman–Crippen MR) is 256 cm³/mol. The van der Waals surface area contributed by atoms with Crippen LogP contribution >= 0.6 is 0 Å². The number of hydrogen-bond acceptors (Lipinski definition) is 4. The lowest BCUT2D eigenvalue weighted by molar-refractivity contribution is -0.00518. The molecule has 63 heavy (non-hydrogen) atoms. The summed E-state index contributed by atoms with van der Waals surface area (Å²) in [6.07, 6.45) is 8.37. The zero-order valence-corrected chi connectivity index (χ0v) is 35.6. The van der Waals surface area contributed by atoms with Crippen molar-refractivity contribution in [2.45, 2.75) is 63.2 Å². The summed E-state index contributed by atoms with van der Waals surface area (Å²) in [6, 6.07) is 54.9. The normalized spacial score (nSPS) is 21.8. The fourth-order valence-corrected chi connectivity index (χ4v) is 13.4. The van der Waals surface area contributed by atoms with Crippen molar-refractivity contribution in [1.82, 2.24) is 9.97 Å². The minimum atomic E-state index is -0.0915. The van der Waals surface area contributed by atoms with Gasteiger partial charge in [0.15, 0.2) is 5.82 Å². The zero-order valence-electron chi connectivity index (χ0n) is 35.6. The summed E-state index contributed by atoms with van der Waals surface area (Å²) >= 11 is 0. The van der Waals surface area contributed by atoms with Gasteiger partial charge in [0.25, 0.3) is 0 Å². The molecule has 15 rings (SSSR count). The van der Waals surface area contributed by atoms with E-state index in [0.29, 0.717) is 11.2 Å². The van der Waals surface area contributed by atoms with E-state index in [1.807, 2.05) is 12.1 Å². The van der Waals surface area contributed by atoms with Crippen LogP contribution in [0.2, 0.25) is 0 Å². The van der Waals surface area contributed by atoms with Crippen molar-refractivity contribution in [1.29, 1.82) is 0 Å². The lowest BCUT2D eigenvalue weighted by atomic mass is 9.48. The van der Waals surface area contributed by atoms with Gasteiger partial charge in [0, 0.05) is 43.7 Å². The van der Waals surface area contributed by atoms with Gasteiger partial charge in [-0.1, -0.05) is 129 Å². The molecule has 0 amide bonds. The average molecular weight is 815 g/mol. The van der Waals surface area contributed by atoms with Crippen LogP contribution in [0.25, 0.3) is 100 Å². The van der Waals surface area contributed by atoms with Gasteiger partial charge in [-0.2, -0.15) is 0 Å². The van der Waals surface area contributed by atoms with Gasteiger partial charge in [0.1, 0.15) is 22.3 Å². The van der Waals surface area contributed by atoms with Gasteiger partial charge in [0.2, 0.25) is 0 Å². The van der Waals surface area contributed by atoms with Crippen LogP contribution in [0.15, 0.2) is 160 Å². The van der Waals surface area contributed by atoms with Crippen LogP contribution in [0.3, 0.4) is 0 Å². The second-order valence-electron chi connectivity index (χ2n) is 19.9. The van der Waals surface area contributed by atoms with Gasteiger partial charge in [0.05, 0.1) is 11.4 Å². The average Bonchev–Trinajstić information content (AvgIpc) is 3.96. The Kier molecular flexibility index (Phi) is 7.32. The van der Waals surface area contributed by atoms with E-state index in [1.54, 1.807) is 0 Å². The van der Waals surface area contributed by atoms with Crippen molar-refractivity contribution < 1.29 is 8.83 Å². The number of rotatable bonds is 5. The summed E-state index contributed by atoms with van der Waals surface area (Å²) in [5, 5.41) is 4.37. The van der Waals surface area contributed by atoms with Crippen LogP contribution in [0.1, 0.15) is 69.1 Å². The van der Waals surface area contributed by atoms with Crippen LogP contribution < -0.4 is 0 Å². The van der Waals surface area contributed by atoms with Gasteiger partial charge in [-0.15, -0.1) is 0 Å². The fourth-order valence-electron chi connectivity index (χ4n) is 13.4. The molecule has 3 aromatic heterocycles. The Hall–Kier alpha value is -6.78. The molecule has 0 N–H and O–H groups in total. The van der Waals surface area contributed by atoms with E-state index in [0.717, 1.165) is 95.3 Å². The first-order valence-corrected chi connectivity index (χ1v) is 23.0. The highest BCUT2D eigenvalue weighted by Gasteiger charge is 2.51. The highest BCUT2D eigenvalue weighted by Crippen LogP contribution is 2.61. The monoisotopic (exact) mass is 814 g/mol. The van der Waals surface area contributed by atoms with E-state index in [2.05, 4.69) is 153 Å². The number of nitrogens with zero attached hydrogens (tertiary/aromatic N) is 2. The molecule has 4 nitrogen and oxygen atoms in total. The molecule has 304 valence electrons. The summed E-state index contributed by atoms with van der Waals surface area (Å²) in [5.74, 6) is 3.39. The van der Waals surface area contributed by atoms with Crippen molar-refractivity contribution >= 4 is 43.9 Å². The third-order valence-corrected chi connectivity index (χ3v) is 15.9. The molecule has 4 bridgehead atoms. The Morgan fingerprint density at radius 3 is 1.78 bits per heavy atom. The molecule has 0 radical (unpaired) electrons. The molecule has 0 saturated heterocycles. The number of hydrogen-bond donors (Lipinski definition) is 0. The molecule has 0 atom stereocenters. The molecule has 0 unspecified atom stereocenters. The Balaban J connectivity index is 0.933. The Bertz CT molecular complexity index is 3490. The summed E-state index contributed by atoms with van der Waals surface area (Å²) < 4.78 is 13.5. The van der Waals surface area contributed by atoms with E-state index in [-0.39, 0.29) is 5.41 Å². The van der Waals surface area contributed by atoms with Crippen LogP contribution in [0.5, 0.6) is 0 Å². The van der Waals surface area contributed by atoms with E-state index >= 15 is 0 Å². The predicted octanol–water partition coefficient (Wildman–Crippen LogP) is 15.7. The fraction of sp³-hybridized carbons (Fsp3) is 0.220. The first-order valence-electron chi connectivity index (χ1n) is 23.0. The standard InChI is InChI=1S/C59H46N2O2/c1-58(2)48-17-5-3-10-41(48)42-25-22-38(29-49(42)58)40-12-9-19-53-54(40)47-16-8-15-46(56(47)63-53)51-30-50(45-14-7-13-44-43-11-4-6-18-52(43)62-55(44)45)60-57(61-51)37-20-23-39(24-21-37)59-31-34-26-35(32-59)28-36(27-34)33-59/h3-25,29-30,34-36H,26-28,31-33H2,1-2H3. The maximum absolute atomic E-state index is 6.94. The highest BCUT2D eigenvalue weighted by atomic mass is 16.3. The third-order valence-electron chi connectivity index (χ3n) is 15.9. The molecule has 4 fully saturated rings. The molecule has 3 heterocycles. The van der Waals surface area contributed by atoms with Crippen molar-refractivity contribution in [2.24, 2.45) is 17.8 Å². The third kappa shape index (κ3) is 5.21. The van der Waals surface area contributed by atoms with E-state index in [4.69, 9.17) is 18.8 Å². The van der Waals surface area contributed by atoms with Gasteiger partial charge in [-0.3, -0.25) is 0 Å². The molecule has 4 saturated carbocycles. The van der Waals surface area contributed by atoms with Crippen molar-refractivity contribution in [3.63, 3.8) is 0 Å². The maximum atomic E-state index is 6.94. The van der Waals surface area contributed by atoms with Gasteiger partial charge in [-0.05, 0) is 137 Å². The summed E-state index contributed by atoms with van der Waals surface area (Å²) in [5.41, 5.74) is 17.4. The second-order valence-corrected chi connectivity index (χ2v) is 19.9. The van der Waals surface area contributed by atoms with Crippen LogP contribution in [0, 0.1) is 17.8 Å². The lowest BCUT2D eigenvalue weighted by Gasteiger charge is -2.57. The SMILES string of the molecule is CC1(C)c2ccccc2-c2ccc(-c3cccc4oc5c(-c6cc(-c7cccc8c7oc7ccccc78)nc(-c7ccc(C89CC%10CC(CC(C%10)C8)C9)cc7)n6)cccc5c34)cc21. The smallest absolute Gasteiger partial charge is 0.160 e. The molecular formula is C59H46N2O2. The minimum absolute atomic E-state index is 0.0915. The molecule has 10 aromatic rings. The van der Waals surface area contributed by atoms with Crippen molar-refractivity contribution in [3.8, 4) is 56.2 Å². The summed E-state index contributed by atoms with van der Waals surface area (Å²) in [7, 11) is 0. The van der Waals surface area contributed by atoms with Crippen LogP contribution in [0.4, 0.5) is 0 Å². The number of benzene rings is 7. The van der Waals surface area contributed by atoms with Crippen molar-refractivity contribution in [3.05, 3.63) is 168 Å².